The molecule has 4 nitrogen and oxygen atoms in total. The monoisotopic (exact) mass is 610 g/mol. The number of rotatable bonds is 18. The van der Waals surface area contributed by atoms with Gasteiger partial charge in [0.25, 0.3) is 5.87 Å². The Hall–Kier alpha value is -2.08. The normalized spacial score (nSPS) is 10.9. The fourth-order valence-corrected chi connectivity index (χ4v) is 4.58. The molecule has 2 aromatic carbocycles. The van der Waals surface area contributed by atoms with E-state index < -0.39 is 0 Å². The average molecular weight is 611 g/mol. The molecule has 0 fully saturated rings. The molecule has 0 aromatic heterocycles. The van der Waals surface area contributed by atoms with Crippen molar-refractivity contribution in [2.75, 3.05) is 13.2 Å². The molecule has 0 aliphatic rings. The van der Waals surface area contributed by atoms with Crippen molar-refractivity contribution in [3.05, 3.63) is 88.5 Å². The zero-order valence-corrected chi connectivity index (χ0v) is 25.5. The van der Waals surface area contributed by atoms with E-state index in [2.05, 4.69) is 86.9 Å². The molecule has 0 saturated carbocycles. The minimum absolute atomic E-state index is 0.0757. The van der Waals surface area contributed by atoms with Crippen LogP contribution in [0, 0.1) is 6.92 Å². The topological polar surface area (TPSA) is 54.9 Å². The third-order valence-corrected chi connectivity index (χ3v) is 7.00. The van der Waals surface area contributed by atoms with Crippen LogP contribution in [0.15, 0.2) is 60.7 Å². The number of nitrogens with zero attached hydrogens (tertiary/aromatic N) is 2. The first-order valence-electron chi connectivity index (χ1n) is 14.3. The van der Waals surface area contributed by atoms with Crippen molar-refractivity contribution in [3.63, 3.8) is 0 Å². The van der Waals surface area contributed by atoms with Gasteiger partial charge in [-0.1, -0.05) is 93.1 Å². The summed E-state index contributed by atoms with van der Waals surface area (Å²) in [6.45, 7) is 10.4. The minimum atomic E-state index is 0.0757. The summed E-state index contributed by atoms with van der Waals surface area (Å²) in [6, 6.07) is 17.3. The SMILES string of the molecule is CCCCCCCCc1ccc(C(=CC=C=[N+]=[N-])c2cccc(C)c2)cc1.CCCC[O][Pd][O]CCCC. The van der Waals surface area contributed by atoms with Gasteiger partial charge in [0.15, 0.2) is 0 Å². The molecule has 212 valence electrons. The van der Waals surface area contributed by atoms with Crippen LogP contribution in [0.1, 0.15) is 107 Å². The Balaban J connectivity index is 0.000000554. The van der Waals surface area contributed by atoms with Crippen LogP contribution in [-0.4, -0.2) is 23.9 Å². The van der Waals surface area contributed by atoms with Gasteiger partial charge in [-0.15, -0.1) is 4.79 Å². The number of hydrogen-bond acceptors (Lipinski definition) is 2. The molecule has 0 aliphatic heterocycles. The zero-order chi connectivity index (χ0) is 27.7. The Morgan fingerprint density at radius 1 is 0.816 bits per heavy atom. The molecule has 2 aromatic rings. The van der Waals surface area contributed by atoms with Crippen molar-refractivity contribution in [1.82, 2.24) is 0 Å². The number of unbranched alkanes of at least 4 members (excludes halogenated alkanes) is 7. The van der Waals surface area contributed by atoms with E-state index in [0.717, 1.165) is 49.2 Å². The van der Waals surface area contributed by atoms with E-state index >= 15 is 0 Å². The summed E-state index contributed by atoms with van der Waals surface area (Å²) in [5.41, 5.74) is 14.6. The molecule has 0 atom stereocenters. The fraction of sp³-hybridized carbons (Fsp3) is 0.515. The molecule has 0 heterocycles. The van der Waals surface area contributed by atoms with E-state index in [1.54, 1.807) is 6.08 Å². The van der Waals surface area contributed by atoms with Crippen molar-refractivity contribution in [3.8, 4) is 0 Å². The van der Waals surface area contributed by atoms with Crippen molar-refractivity contribution in [2.24, 2.45) is 0 Å². The molecular weight excluding hydrogens is 563 g/mol. The quantitative estimate of drug-likeness (QED) is 0.0422. The van der Waals surface area contributed by atoms with Gasteiger partial charge in [-0.25, -0.2) is 0 Å². The van der Waals surface area contributed by atoms with E-state index in [0.29, 0.717) is 0 Å². The van der Waals surface area contributed by atoms with Crippen LogP contribution in [-0.2, 0) is 32.1 Å². The number of allylic oxidation sites excluding steroid dienone is 2. The van der Waals surface area contributed by atoms with Crippen LogP contribution < -0.4 is 0 Å². The van der Waals surface area contributed by atoms with E-state index in [1.165, 1.54) is 62.5 Å². The predicted molar refractivity (Wildman–Crippen MR) is 157 cm³/mol. The summed E-state index contributed by atoms with van der Waals surface area (Å²) in [6.07, 6.45) is 17.4. The molecule has 5 heteroatoms. The van der Waals surface area contributed by atoms with Crippen LogP contribution in [0.5, 0.6) is 0 Å². The van der Waals surface area contributed by atoms with E-state index in [1.807, 2.05) is 6.08 Å². The number of benzene rings is 2. The van der Waals surface area contributed by atoms with Gasteiger partial charge in [0.1, 0.15) is 0 Å². The first-order chi connectivity index (χ1) is 18.7. The van der Waals surface area contributed by atoms with Crippen LogP contribution in [0.4, 0.5) is 0 Å². The Labute approximate surface area is 241 Å². The maximum absolute atomic E-state index is 8.60. The second-order valence-corrected chi connectivity index (χ2v) is 10.6. The summed E-state index contributed by atoms with van der Waals surface area (Å²) in [5.74, 6) is 2.47. The van der Waals surface area contributed by atoms with Crippen LogP contribution in [0.3, 0.4) is 0 Å². The summed E-state index contributed by atoms with van der Waals surface area (Å²) in [4.78, 5) is 2.94. The van der Waals surface area contributed by atoms with Gasteiger partial charge in [0.2, 0.25) is 0 Å². The second-order valence-electron chi connectivity index (χ2n) is 9.41. The summed E-state index contributed by atoms with van der Waals surface area (Å²) < 4.78 is 10.5. The van der Waals surface area contributed by atoms with Crippen LogP contribution in [0.25, 0.3) is 11.1 Å². The Kier molecular flexibility index (Phi) is 21.4. The Morgan fingerprint density at radius 3 is 2.05 bits per heavy atom. The third kappa shape index (κ3) is 16.7. The van der Waals surface area contributed by atoms with Gasteiger partial charge in [0, 0.05) is 0 Å². The molecule has 0 N–H and O–H groups in total. The first kappa shape index (κ1) is 34.0. The van der Waals surface area contributed by atoms with Gasteiger partial charge >= 0.3 is 78.4 Å². The fourth-order valence-electron chi connectivity index (χ4n) is 3.75. The van der Waals surface area contributed by atoms with Gasteiger partial charge < -0.3 is 5.53 Å². The van der Waals surface area contributed by atoms with Crippen LogP contribution in [0.2, 0.25) is 0 Å². The molecule has 0 aliphatic carbocycles. The molecule has 0 saturated heterocycles. The molecule has 2 rings (SSSR count). The van der Waals surface area contributed by atoms with Crippen molar-refractivity contribution < 1.29 is 30.4 Å². The molecule has 0 bridgehead atoms. The van der Waals surface area contributed by atoms with E-state index in [9.17, 15) is 0 Å². The predicted octanol–water partition coefficient (Wildman–Crippen LogP) is 9.32. The number of hydrogen-bond donors (Lipinski definition) is 0. The summed E-state index contributed by atoms with van der Waals surface area (Å²) in [7, 11) is 0. The molecule has 0 amide bonds. The zero-order valence-electron chi connectivity index (χ0n) is 24.0. The molecule has 0 radical (unpaired) electrons. The third-order valence-electron chi connectivity index (χ3n) is 5.99. The van der Waals surface area contributed by atoms with Crippen molar-refractivity contribution >= 4 is 11.4 Å². The van der Waals surface area contributed by atoms with E-state index in [4.69, 9.17) is 12.5 Å². The van der Waals surface area contributed by atoms with Crippen molar-refractivity contribution in [2.45, 2.75) is 98.3 Å². The molecule has 38 heavy (non-hydrogen) atoms. The van der Waals surface area contributed by atoms with Gasteiger partial charge in [-0.3, -0.25) is 0 Å². The van der Waals surface area contributed by atoms with E-state index in [-0.39, 0.29) is 18.7 Å². The van der Waals surface area contributed by atoms with Gasteiger partial charge in [0.05, 0.1) is 6.08 Å². The second kappa shape index (κ2) is 24.0. The van der Waals surface area contributed by atoms with Gasteiger partial charge in [-0.2, -0.15) is 0 Å². The molecule has 0 unspecified atom stereocenters. The Bertz CT molecular complexity index is 967. The van der Waals surface area contributed by atoms with Crippen LogP contribution >= 0.6 is 0 Å². The van der Waals surface area contributed by atoms with Gasteiger partial charge in [-0.05, 0) is 48.1 Å². The van der Waals surface area contributed by atoms with Crippen molar-refractivity contribution in [1.29, 1.82) is 0 Å². The summed E-state index contributed by atoms with van der Waals surface area (Å²) in [5, 5.41) is 0. The Morgan fingerprint density at radius 2 is 1.45 bits per heavy atom. The average Bonchev–Trinajstić information content (AvgIpc) is 2.93. The number of aryl methyl sites for hydroxylation is 2. The maximum atomic E-state index is 8.60. The molecular formula is C33H48N2O2Pd. The standard InChI is InChI=1S/C25H30N2.2C4H9O.Pd/c1-3-4-5-6-7-8-12-22-15-17-23(18-16-22)25(14-10-19-27-26)24-13-9-11-21(2)20-24;2*1-2-3-4-5;/h9-11,13-18,20H,3-8,12H2,1-2H3;2*2-4H2,1H3;/q;2*-1;+2. The molecule has 0 spiro atoms. The first-order valence-corrected chi connectivity index (χ1v) is 15.6. The summed E-state index contributed by atoms with van der Waals surface area (Å²) >= 11 is 0.0757.